The smallest absolute Gasteiger partial charge is 0.292 e. The zero-order valence-corrected chi connectivity index (χ0v) is 13.3. The van der Waals surface area contributed by atoms with Gasteiger partial charge < -0.3 is 0 Å². The Morgan fingerprint density at radius 1 is 1.00 bits per heavy atom. The molecular weight excluding hydrogens is 288 g/mol. The van der Waals surface area contributed by atoms with Crippen LogP contribution < -0.4 is 0 Å². The number of rotatable bonds is 4. The van der Waals surface area contributed by atoms with Crippen molar-refractivity contribution >= 4 is 5.97 Å². The Kier molecular flexibility index (Phi) is 5.09. The molecule has 1 saturated carbocycles. The van der Waals surface area contributed by atoms with Crippen LogP contribution in [0.15, 0.2) is 54.6 Å². The number of carbonyl (C=O) groups excluding carboxylic acids is 1. The van der Waals surface area contributed by atoms with Gasteiger partial charge in [-0.3, -0.25) is 4.89 Å². The second-order valence-electron chi connectivity index (χ2n) is 6.14. The molecule has 1 unspecified atom stereocenters. The molecule has 0 bridgehead atoms. The van der Waals surface area contributed by atoms with Crippen LogP contribution in [0.25, 0.3) is 11.1 Å². The highest BCUT2D eigenvalue weighted by Gasteiger charge is 2.23. The van der Waals surface area contributed by atoms with Gasteiger partial charge in [0.15, 0.2) is 0 Å². The van der Waals surface area contributed by atoms with Crippen LogP contribution in [0.2, 0.25) is 0 Å². The molecule has 1 aliphatic carbocycles. The third-order valence-corrected chi connectivity index (χ3v) is 4.19. The Morgan fingerprint density at radius 2 is 1.70 bits per heavy atom. The maximum atomic E-state index is 12.1. The second kappa shape index (κ2) is 7.42. The predicted molar refractivity (Wildman–Crippen MR) is 89.3 cm³/mol. The van der Waals surface area contributed by atoms with Gasteiger partial charge in [0.25, 0.3) is 0 Å². The summed E-state index contributed by atoms with van der Waals surface area (Å²) >= 11 is 0. The monoisotopic (exact) mass is 309 g/mol. The van der Waals surface area contributed by atoms with Crippen LogP contribution in [-0.4, -0.2) is 5.97 Å². The van der Waals surface area contributed by atoms with E-state index in [9.17, 15) is 4.79 Å². The summed E-state index contributed by atoms with van der Waals surface area (Å²) in [5.41, 5.74) is 2.68. The van der Waals surface area contributed by atoms with E-state index in [1.165, 1.54) is 6.42 Å². The van der Waals surface area contributed by atoms with Crippen molar-refractivity contribution in [1.82, 2.24) is 0 Å². The summed E-state index contributed by atoms with van der Waals surface area (Å²) in [4.78, 5) is 22.3. The van der Waals surface area contributed by atoms with Crippen molar-refractivity contribution in [2.24, 2.45) is 5.92 Å². The van der Waals surface area contributed by atoms with Crippen LogP contribution in [0.3, 0.4) is 0 Å². The van der Waals surface area contributed by atoms with E-state index in [4.69, 9.17) is 9.78 Å². The van der Waals surface area contributed by atoms with Gasteiger partial charge in [-0.1, -0.05) is 62.2 Å². The zero-order chi connectivity index (χ0) is 16.1. The molecule has 0 saturated heterocycles. The van der Waals surface area contributed by atoms with E-state index in [-0.39, 0.29) is 0 Å². The zero-order valence-electron chi connectivity index (χ0n) is 13.3. The molecule has 0 N–H and O–H groups in total. The first-order chi connectivity index (χ1) is 11.2. The van der Waals surface area contributed by atoms with Crippen molar-refractivity contribution < 1.29 is 14.6 Å². The molecule has 119 valence electrons. The van der Waals surface area contributed by atoms with E-state index in [1.54, 1.807) is 12.1 Å². The van der Waals surface area contributed by atoms with E-state index in [0.29, 0.717) is 11.5 Å². The summed E-state index contributed by atoms with van der Waals surface area (Å²) in [6, 6.07) is 17.4. The largest absolute Gasteiger partial charge is 0.373 e. The van der Waals surface area contributed by atoms with Crippen LogP contribution in [-0.2, 0) is 9.78 Å². The highest BCUT2D eigenvalue weighted by atomic mass is 17.2. The summed E-state index contributed by atoms with van der Waals surface area (Å²) in [6.45, 7) is 2.19. The highest BCUT2D eigenvalue weighted by molar-refractivity contribution is 5.89. The lowest BCUT2D eigenvalue weighted by atomic mass is 9.89. The third kappa shape index (κ3) is 4.20. The van der Waals surface area contributed by atoms with Crippen LogP contribution in [0.4, 0.5) is 0 Å². The Balaban J connectivity index is 1.57. The fourth-order valence-electron chi connectivity index (χ4n) is 2.89. The number of hydrogen-bond donors (Lipinski definition) is 0. The van der Waals surface area contributed by atoms with Gasteiger partial charge in [0.2, 0.25) is 0 Å². The molecule has 0 amide bonds. The lowest BCUT2D eigenvalue weighted by Crippen LogP contribution is -2.16. The molecule has 3 rings (SSSR count). The third-order valence-electron chi connectivity index (χ3n) is 4.19. The van der Waals surface area contributed by atoms with Gasteiger partial charge in [0.05, 0.1) is 5.56 Å². The molecular formula is C20H21O3. The first kappa shape index (κ1) is 15.8. The summed E-state index contributed by atoms with van der Waals surface area (Å²) in [6.07, 6.45) is 4.94. The van der Waals surface area contributed by atoms with Crippen molar-refractivity contribution in [2.75, 3.05) is 0 Å². The highest BCUT2D eigenvalue weighted by Crippen LogP contribution is 2.31. The lowest BCUT2D eigenvalue weighted by molar-refractivity contribution is -0.241. The molecule has 3 heteroatoms. The number of benzene rings is 2. The fourth-order valence-corrected chi connectivity index (χ4v) is 2.89. The molecule has 1 fully saturated rings. The maximum Gasteiger partial charge on any atom is 0.373 e. The van der Waals surface area contributed by atoms with E-state index >= 15 is 0 Å². The minimum Gasteiger partial charge on any atom is -0.292 e. The first-order valence-electron chi connectivity index (χ1n) is 8.11. The molecule has 23 heavy (non-hydrogen) atoms. The minimum atomic E-state index is -0.449. The lowest BCUT2D eigenvalue weighted by Gasteiger charge is -2.23. The van der Waals surface area contributed by atoms with E-state index < -0.39 is 5.97 Å². The quantitative estimate of drug-likeness (QED) is 0.576. The molecule has 3 nitrogen and oxygen atoms in total. The van der Waals surface area contributed by atoms with Crippen LogP contribution in [0, 0.1) is 12.0 Å². The topological polar surface area (TPSA) is 35.5 Å². The van der Waals surface area contributed by atoms with Gasteiger partial charge in [-0.15, -0.1) is 0 Å². The Hall–Kier alpha value is -2.13. The van der Waals surface area contributed by atoms with Gasteiger partial charge in [0.1, 0.15) is 6.10 Å². The van der Waals surface area contributed by atoms with Gasteiger partial charge >= 0.3 is 5.97 Å². The second-order valence-corrected chi connectivity index (χ2v) is 6.14. The van der Waals surface area contributed by atoms with Gasteiger partial charge in [-0.05, 0) is 42.0 Å². The van der Waals surface area contributed by atoms with Crippen molar-refractivity contribution in [1.29, 1.82) is 0 Å². The maximum absolute atomic E-state index is 12.1. The molecule has 0 aromatic heterocycles. The van der Waals surface area contributed by atoms with Crippen molar-refractivity contribution in [3.63, 3.8) is 0 Å². The van der Waals surface area contributed by atoms with Gasteiger partial charge in [0, 0.05) is 0 Å². The minimum absolute atomic E-state index is 0.449. The van der Waals surface area contributed by atoms with Crippen LogP contribution >= 0.6 is 0 Å². The van der Waals surface area contributed by atoms with Gasteiger partial charge in [-0.25, -0.2) is 4.79 Å². The summed E-state index contributed by atoms with van der Waals surface area (Å²) in [5.74, 6) is 0.151. The molecule has 1 radical (unpaired) electrons. The standard InChI is InChI=1S/C20H21O3/c1-15-6-5-9-19(14-15)22-23-20(21)18-12-10-17(11-13-18)16-7-3-2-4-8-16/h2-4,7-8,10-13,15H,5-6,9,14H2,1H3. The van der Waals surface area contributed by atoms with E-state index in [2.05, 4.69) is 6.92 Å². The average molecular weight is 309 g/mol. The SMILES string of the molecule is CC1CCC[C](OOC(=O)c2ccc(-c3ccccc3)cc2)C1. The van der Waals surface area contributed by atoms with Crippen molar-refractivity contribution in [2.45, 2.75) is 32.6 Å². The predicted octanol–water partition coefficient (Wildman–Crippen LogP) is 5.18. The Bertz CT molecular complexity index is 634. The van der Waals surface area contributed by atoms with Crippen molar-refractivity contribution in [3.8, 4) is 11.1 Å². The molecule has 2 aromatic rings. The summed E-state index contributed by atoms with van der Waals surface area (Å²) in [5, 5.41) is 0. The molecule has 1 aliphatic rings. The van der Waals surface area contributed by atoms with E-state index in [1.807, 2.05) is 42.5 Å². The summed E-state index contributed by atoms with van der Waals surface area (Å²) < 4.78 is 0. The summed E-state index contributed by atoms with van der Waals surface area (Å²) in [7, 11) is 0. The van der Waals surface area contributed by atoms with E-state index in [0.717, 1.165) is 36.5 Å². The normalized spacial score (nSPS) is 18.6. The Morgan fingerprint density at radius 3 is 2.39 bits per heavy atom. The molecule has 0 aliphatic heterocycles. The molecule has 0 heterocycles. The van der Waals surface area contributed by atoms with Crippen molar-refractivity contribution in [3.05, 3.63) is 66.3 Å². The van der Waals surface area contributed by atoms with Crippen LogP contribution in [0.5, 0.6) is 0 Å². The fraction of sp³-hybridized carbons (Fsp3) is 0.300. The number of hydrogen-bond acceptors (Lipinski definition) is 3. The molecule has 2 aromatic carbocycles. The number of carbonyl (C=O) groups is 1. The van der Waals surface area contributed by atoms with Crippen LogP contribution in [0.1, 0.15) is 43.0 Å². The molecule has 0 spiro atoms. The first-order valence-corrected chi connectivity index (χ1v) is 8.11. The average Bonchev–Trinajstić information content (AvgIpc) is 2.61. The Labute approximate surface area is 137 Å². The van der Waals surface area contributed by atoms with Gasteiger partial charge in [-0.2, -0.15) is 4.89 Å². The molecule has 1 atom stereocenters.